The summed E-state index contributed by atoms with van der Waals surface area (Å²) in [5.74, 6) is 0.147. The van der Waals surface area contributed by atoms with Gasteiger partial charge < -0.3 is 5.48 Å². The average molecular weight is 312 g/mol. The first-order valence-corrected chi connectivity index (χ1v) is 7.63. The van der Waals surface area contributed by atoms with E-state index in [2.05, 4.69) is 11.8 Å². The third-order valence-electron chi connectivity index (χ3n) is 5.28. The van der Waals surface area contributed by atoms with Gasteiger partial charge in [0.15, 0.2) is 0 Å². The van der Waals surface area contributed by atoms with Crippen molar-refractivity contribution in [1.82, 2.24) is 0 Å². The van der Waals surface area contributed by atoms with Crippen LogP contribution in [-0.2, 0) is 4.89 Å². The molecule has 2 aliphatic carbocycles. The maximum Gasteiger partial charge on any atom is 0.137 e. The summed E-state index contributed by atoms with van der Waals surface area (Å²) >= 11 is 0. The Kier molecular flexibility index (Phi) is 8.90. The highest BCUT2D eigenvalue weighted by molar-refractivity contribution is 4.93. The normalized spacial score (nSPS) is 41.6. The molecular formula is C16H34F2O3. The highest BCUT2D eigenvalue weighted by Crippen LogP contribution is 2.41. The minimum atomic E-state index is -1.50. The zero-order valence-corrected chi connectivity index (χ0v) is 12.4. The summed E-state index contributed by atoms with van der Waals surface area (Å²) in [6.07, 6.45) is 1.90. The van der Waals surface area contributed by atoms with Gasteiger partial charge in [0.2, 0.25) is 0 Å². The van der Waals surface area contributed by atoms with Crippen molar-refractivity contribution in [2.45, 2.75) is 78.2 Å². The van der Waals surface area contributed by atoms with Gasteiger partial charge in [0.25, 0.3) is 0 Å². The van der Waals surface area contributed by atoms with Crippen molar-refractivity contribution >= 4 is 0 Å². The molecular weight excluding hydrogens is 278 g/mol. The largest absolute Gasteiger partial charge is 0.412 e. The summed E-state index contributed by atoms with van der Waals surface area (Å²) < 4.78 is 28.0. The van der Waals surface area contributed by atoms with E-state index in [1.165, 1.54) is 0 Å². The molecule has 2 aliphatic rings. The molecule has 5 unspecified atom stereocenters. The number of halogens is 2. The first-order valence-electron chi connectivity index (χ1n) is 7.63. The van der Waals surface area contributed by atoms with Crippen LogP contribution in [0.3, 0.4) is 0 Å². The molecule has 0 bridgehead atoms. The standard InChI is InChI=1S/C15H26F2O2.CH4.H2O.H2/c1-9-3-6-11(7-4-9)15(19-18)12-8-5-10(2)13(16)14(12)17;;;/h9-15,18H,3-8H2,1-2H3;1H4;1H2;1H. The van der Waals surface area contributed by atoms with Crippen molar-refractivity contribution in [3.05, 3.63) is 0 Å². The fourth-order valence-corrected chi connectivity index (χ4v) is 3.80. The van der Waals surface area contributed by atoms with Crippen LogP contribution in [0.25, 0.3) is 0 Å². The zero-order valence-electron chi connectivity index (χ0n) is 12.4. The molecule has 3 nitrogen and oxygen atoms in total. The molecule has 0 aromatic heterocycles. The molecule has 3 N–H and O–H groups in total. The highest BCUT2D eigenvalue weighted by Gasteiger charge is 2.45. The molecule has 21 heavy (non-hydrogen) atoms. The van der Waals surface area contributed by atoms with Crippen LogP contribution in [0, 0.1) is 23.7 Å². The Morgan fingerprint density at radius 1 is 1.00 bits per heavy atom. The van der Waals surface area contributed by atoms with Gasteiger partial charge in [-0.15, -0.1) is 0 Å². The molecule has 2 fully saturated rings. The average Bonchev–Trinajstić information content (AvgIpc) is 2.41. The predicted molar refractivity (Wildman–Crippen MR) is 82.8 cm³/mol. The van der Waals surface area contributed by atoms with Gasteiger partial charge in [-0.3, -0.25) is 5.26 Å². The molecule has 0 heterocycles. The Bertz CT molecular complexity index is 289. The van der Waals surface area contributed by atoms with E-state index < -0.39 is 24.4 Å². The summed E-state index contributed by atoms with van der Waals surface area (Å²) in [5.41, 5.74) is 0. The van der Waals surface area contributed by atoms with E-state index in [0.29, 0.717) is 18.8 Å². The number of alkyl halides is 2. The monoisotopic (exact) mass is 312 g/mol. The van der Waals surface area contributed by atoms with Crippen LogP contribution in [0.5, 0.6) is 0 Å². The lowest BCUT2D eigenvalue weighted by molar-refractivity contribution is -0.312. The van der Waals surface area contributed by atoms with E-state index >= 15 is 0 Å². The third kappa shape index (κ3) is 4.60. The van der Waals surface area contributed by atoms with Gasteiger partial charge in [0.1, 0.15) is 18.4 Å². The summed E-state index contributed by atoms with van der Waals surface area (Å²) in [6.45, 7) is 3.97. The Labute approximate surface area is 128 Å². The van der Waals surface area contributed by atoms with Crippen LogP contribution in [0.2, 0.25) is 0 Å². The van der Waals surface area contributed by atoms with E-state index in [9.17, 15) is 14.0 Å². The van der Waals surface area contributed by atoms with E-state index in [-0.39, 0.29) is 26.2 Å². The van der Waals surface area contributed by atoms with Crippen molar-refractivity contribution in [3.63, 3.8) is 0 Å². The molecule has 0 amide bonds. The van der Waals surface area contributed by atoms with E-state index in [0.717, 1.165) is 25.7 Å². The van der Waals surface area contributed by atoms with Crippen molar-refractivity contribution in [3.8, 4) is 0 Å². The van der Waals surface area contributed by atoms with Crippen molar-refractivity contribution in [1.29, 1.82) is 0 Å². The Hall–Kier alpha value is -0.260. The van der Waals surface area contributed by atoms with Gasteiger partial charge in [0, 0.05) is 7.34 Å². The third-order valence-corrected chi connectivity index (χ3v) is 5.28. The topological polar surface area (TPSA) is 61.0 Å². The van der Waals surface area contributed by atoms with Gasteiger partial charge in [-0.05, 0) is 43.4 Å². The van der Waals surface area contributed by atoms with Crippen molar-refractivity contribution in [2.24, 2.45) is 23.7 Å². The Morgan fingerprint density at radius 2 is 1.57 bits per heavy atom. The first kappa shape index (κ1) is 20.7. The second-order valence-electron chi connectivity index (χ2n) is 6.70. The number of rotatable bonds is 3. The fraction of sp³-hybridized carbons (Fsp3) is 1.00. The molecule has 5 heteroatoms. The van der Waals surface area contributed by atoms with Crippen molar-refractivity contribution < 1.29 is 25.8 Å². The van der Waals surface area contributed by atoms with Crippen LogP contribution >= 0.6 is 0 Å². The SMILES string of the molecule is C.CC1CCC(C(OO)C2CCC(C)C(F)C2F)CC1.O.[HH]. The minimum absolute atomic E-state index is 0. The lowest BCUT2D eigenvalue weighted by atomic mass is 9.70. The van der Waals surface area contributed by atoms with Crippen LogP contribution in [0.4, 0.5) is 8.78 Å². The summed E-state index contributed by atoms with van der Waals surface area (Å²) in [4.78, 5) is 4.61. The Morgan fingerprint density at radius 3 is 2.10 bits per heavy atom. The van der Waals surface area contributed by atoms with E-state index in [4.69, 9.17) is 0 Å². The van der Waals surface area contributed by atoms with Gasteiger partial charge in [-0.2, -0.15) is 0 Å². The molecule has 0 saturated heterocycles. The minimum Gasteiger partial charge on any atom is -0.412 e. The summed E-state index contributed by atoms with van der Waals surface area (Å²) in [6, 6.07) is 0. The van der Waals surface area contributed by atoms with Gasteiger partial charge in [-0.25, -0.2) is 13.7 Å². The second-order valence-corrected chi connectivity index (χ2v) is 6.70. The maximum atomic E-state index is 14.2. The molecule has 0 radical (unpaired) electrons. The smallest absolute Gasteiger partial charge is 0.137 e. The quantitative estimate of drug-likeness (QED) is 0.618. The van der Waals surface area contributed by atoms with Gasteiger partial charge >= 0.3 is 0 Å². The second kappa shape index (κ2) is 9.01. The molecule has 130 valence electrons. The molecule has 0 spiro atoms. The van der Waals surface area contributed by atoms with E-state index in [1.807, 2.05) is 0 Å². The predicted octanol–water partition coefficient (Wildman–Crippen LogP) is 4.45. The number of hydrogen-bond donors (Lipinski definition) is 1. The lowest BCUT2D eigenvalue weighted by Gasteiger charge is -2.40. The van der Waals surface area contributed by atoms with Crippen LogP contribution < -0.4 is 0 Å². The van der Waals surface area contributed by atoms with Crippen LogP contribution in [-0.4, -0.2) is 29.2 Å². The van der Waals surface area contributed by atoms with Crippen LogP contribution in [0.15, 0.2) is 0 Å². The molecule has 0 aromatic carbocycles. The van der Waals surface area contributed by atoms with Crippen LogP contribution in [0.1, 0.15) is 61.2 Å². The van der Waals surface area contributed by atoms with Gasteiger partial charge in [-0.1, -0.05) is 34.1 Å². The molecule has 5 atom stereocenters. The molecule has 2 rings (SSSR count). The van der Waals surface area contributed by atoms with Gasteiger partial charge in [0.05, 0.1) is 0 Å². The highest BCUT2D eigenvalue weighted by atomic mass is 19.2. The Balaban J connectivity index is 0. The zero-order chi connectivity index (χ0) is 14.0. The lowest BCUT2D eigenvalue weighted by Crippen LogP contribution is -2.46. The summed E-state index contributed by atoms with van der Waals surface area (Å²) in [5, 5.41) is 9.18. The maximum absolute atomic E-state index is 14.2. The number of hydrogen-bond acceptors (Lipinski definition) is 2. The van der Waals surface area contributed by atoms with E-state index in [1.54, 1.807) is 6.92 Å². The fourth-order valence-electron chi connectivity index (χ4n) is 3.80. The summed E-state index contributed by atoms with van der Waals surface area (Å²) in [7, 11) is 0. The molecule has 2 saturated carbocycles. The molecule has 0 aromatic rings. The molecule has 0 aliphatic heterocycles. The first-order chi connectivity index (χ1) is 9.04. The van der Waals surface area contributed by atoms with Crippen molar-refractivity contribution in [2.75, 3.05) is 0 Å².